The summed E-state index contributed by atoms with van der Waals surface area (Å²) < 4.78 is 85.8. The summed E-state index contributed by atoms with van der Waals surface area (Å²) in [4.78, 5) is 3.77. The normalized spacial score (nSPS) is 12.3. The van der Waals surface area contributed by atoms with Crippen LogP contribution in [0.3, 0.4) is 0 Å². The van der Waals surface area contributed by atoms with Crippen molar-refractivity contribution in [2.45, 2.75) is 24.2 Å². The molecule has 6 nitrogen and oxygen atoms in total. The van der Waals surface area contributed by atoms with Gasteiger partial charge in [-0.15, -0.1) is 12.4 Å². The Balaban J connectivity index is 0.00000380. The van der Waals surface area contributed by atoms with Crippen molar-refractivity contribution in [2.24, 2.45) is 0 Å². The van der Waals surface area contributed by atoms with Crippen LogP contribution in [-0.4, -0.2) is 37.2 Å². The Bertz CT molecular complexity index is 1480. The molecule has 0 aliphatic heterocycles. The summed E-state index contributed by atoms with van der Waals surface area (Å²) in [5.74, 6) is -0.813. The van der Waals surface area contributed by atoms with E-state index in [9.17, 15) is 26.0 Å². The van der Waals surface area contributed by atoms with Crippen LogP contribution in [0.4, 0.5) is 17.6 Å². The number of nitrogens with zero attached hydrogens (tertiary/aromatic N) is 2. The standard InChI is InChI=1S/C25H21F4N3O3S.ClH/c1-30-12-16-9-23(21-7-2-3-8-22(21)26)32(15-16)36(33,34)20-6-4-5-17(11-20)18-10-19(14-31-13-18)35-25(29)24(27)28;/h2-11,13-15,24-25,30H,12H2,1H3;1H. The molecule has 0 bridgehead atoms. The first-order valence-corrected chi connectivity index (χ1v) is 12.2. The molecule has 0 radical (unpaired) electrons. The molecule has 1 unspecified atom stereocenters. The number of rotatable bonds is 9. The molecule has 2 aromatic heterocycles. The molecular formula is C25H22ClF4N3O3S. The van der Waals surface area contributed by atoms with Gasteiger partial charge in [-0.25, -0.2) is 25.6 Å². The third kappa shape index (κ3) is 6.12. The minimum Gasteiger partial charge on any atom is -0.453 e. The van der Waals surface area contributed by atoms with Gasteiger partial charge in [0, 0.05) is 30.1 Å². The maximum absolute atomic E-state index is 14.6. The fourth-order valence-corrected chi connectivity index (χ4v) is 5.07. The monoisotopic (exact) mass is 555 g/mol. The number of hydrogen-bond acceptors (Lipinski definition) is 5. The molecule has 2 aromatic carbocycles. The van der Waals surface area contributed by atoms with Gasteiger partial charge in [-0.05, 0) is 54.6 Å². The highest BCUT2D eigenvalue weighted by Gasteiger charge is 2.24. The fraction of sp³-hybridized carbons (Fsp3) is 0.160. The number of alkyl halides is 3. The third-order valence-electron chi connectivity index (χ3n) is 5.26. The Labute approximate surface area is 217 Å². The molecule has 0 spiro atoms. The number of nitrogens with one attached hydrogen (secondary N) is 1. The van der Waals surface area contributed by atoms with Crippen molar-refractivity contribution in [3.8, 4) is 28.1 Å². The molecule has 0 fully saturated rings. The van der Waals surface area contributed by atoms with Gasteiger partial charge in [-0.3, -0.25) is 4.98 Å². The molecule has 196 valence electrons. The Morgan fingerprint density at radius 3 is 2.46 bits per heavy atom. The maximum atomic E-state index is 14.6. The number of benzene rings is 2. The van der Waals surface area contributed by atoms with E-state index in [1.165, 1.54) is 54.9 Å². The first-order valence-electron chi connectivity index (χ1n) is 10.7. The van der Waals surface area contributed by atoms with Gasteiger partial charge < -0.3 is 10.1 Å². The number of hydrogen-bond donors (Lipinski definition) is 1. The van der Waals surface area contributed by atoms with Crippen LogP contribution < -0.4 is 10.1 Å². The molecule has 4 rings (SSSR count). The second-order valence-corrected chi connectivity index (χ2v) is 9.60. The highest BCUT2D eigenvalue weighted by atomic mass is 35.5. The van der Waals surface area contributed by atoms with Gasteiger partial charge in [0.1, 0.15) is 11.6 Å². The number of aromatic nitrogens is 2. The van der Waals surface area contributed by atoms with Gasteiger partial charge in [-0.1, -0.05) is 24.3 Å². The SMILES string of the molecule is CNCc1cc(-c2ccccc2F)n(S(=O)(=O)c2cccc(-c3cncc(OC(F)C(F)F)c3)c2)c1.Cl. The number of ether oxygens (including phenoxy) is 1. The molecule has 0 aliphatic carbocycles. The van der Waals surface area contributed by atoms with E-state index in [0.717, 1.165) is 10.2 Å². The van der Waals surface area contributed by atoms with Crippen LogP contribution in [0.1, 0.15) is 5.56 Å². The predicted molar refractivity (Wildman–Crippen MR) is 134 cm³/mol. The summed E-state index contributed by atoms with van der Waals surface area (Å²) in [5.41, 5.74) is 1.60. The van der Waals surface area contributed by atoms with E-state index in [2.05, 4.69) is 15.0 Å². The zero-order valence-corrected chi connectivity index (χ0v) is 20.9. The van der Waals surface area contributed by atoms with Gasteiger partial charge in [-0.2, -0.15) is 4.39 Å². The maximum Gasteiger partial charge on any atom is 0.304 e. The van der Waals surface area contributed by atoms with Crippen molar-refractivity contribution in [1.29, 1.82) is 0 Å². The molecular weight excluding hydrogens is 534 g/mol. The van der Waals surface area contributed by atoms with E-state index in [4.69, 9.17) is 0 Å². The second kappa shape index (κ2) is 11.8. The number of pyridine rings is 1. The Morgan fingerprint density at radius 1 is 1.00 bits per heavy atom. The van der Waals surface area contributed by atoms with Crippen molar-refractivity contribution in [3.05, 3.63) is 90.6 Å². The molecule has 0 saturated carbocycles. The predicted octanol–water partition coefficient (Wildman–Crippen LogP) is 5.67. The average molecular weight is 556 g/mol. The second-order valence-electron chi connectivity index (χ2n) is 7.79. The lowest BCUT2D eigenvalue weighted by Crippen LogP contribution is -2.19. The lowest BCUT2D eigenvalue weighted by Gasteiger charge is -2.13. The first kappa shape index (κ1) is 28.2. The largest absolute Gasteiger partial charge is 0.453 e. The van der Waals surface area contributed by atoms with Crippen molar-refractivity contribution in [3.63, 3.8) is 0 Å². The molecule has 0 amide bonds. The van der Waals surface area contributed by atoms with Crippen LogP contribution in [-0.2, 0) is 16.6 Å². The highest BCUT2D eigenvalue weighted by Crippen LogP contribution is 2.31. The third-order valence-corrected chi connectivity index (χ3v) is 6.93. The fourth-order valence-electron chi connectivity index (χ4n) is 3.63. The van der Waals surface area contributed by atoms with Crippen molar-refractivity contribution < 1.29 is 30.7 Å². The van der Waals surface area contributed by atoms with Crippen molar-refractivity contribution in [2.75, 3.05) is 7.05 Å². The minimum atomic E-state index is -4.19. The van der Waals surface area contributed by atoms with Crippen LogP contribution in [0.2, 0.25) is 0 Å². The zero-order valence-electron chi connectivity index (χ0n) is 19.3. The van der Waals surface area contributed by atoms with Crippen LogP contribution >= 0.6 is 12.4 Å². The summed E-state index contributed by atoms with van der Waals surface area (Å²) in [5, 5.41) is 2.94. The first-order chi connectivity index (χ1) is 17.2. The number of halogens is 5. The quantitative estimate of drug-likeness (QED) is 0.269. The van der Waals surface area contributed by atoms with Crippen LogP contribution in [0.5, 0.6) is 5.75 Å². The molecule has 1 atom stereocenters. The molecule has 4 aromatic rings. The Kier molecular flexibility index (Phi) is 8.95. The summed E-state index contributed by atoms with van der Waals surface area (Å²) in [7, 11) is -2.49. The molecule has 2 heterocycles. The summed E-state index contributed by atoms with van der Waals surface area (Å²) in [6, 6.07) is 14.5. The molecule has 0 saturated heterocycles. The molecule has 12 heteroatoms. The van der Waals surface area contributed by atoms with E-state index in [1.807, 2.05) is 0 Å². The van der Waals surface area contributed by atoms with E-state index >= 15 is 0 Å². The Morgan fingerprint density at radius 2 is 1.76 bits per heavy atom. The smallest absolute Gasteiger partial charge is 0.304 e. The molecule has 37 heavy (non-hydrogen) atoms. The summed E-state index contributed by atoms with van der Waals surface area (Å²) >= 11 is 0. The highest BCUT2D eigenvalue weighted by molar-refractivity contribution is 7.90. The summed E-state index contributed by atoms with van der Waals surface area (Å²) in [6.07, 6.45) is -2.31. The van der Waals surface area contributed by atoms with E-state index in [-0.39, 0.29) is 34.3 Å². The van der Waals surface area contributed by atoms with Crippen molar-refractivity contribution in [1.82, 2.24) is 14.3 Å². The van der Waals surface area contributed by atoms with Gasteiger partial charge in [0.15, 0.2) is 0 Å². The van der Waals surface area contributed by atoms with Gasteiger partial charge >= 0.3 is 6.43 Å². The van der Waals surface area contributed by atoms with E-state index < -0.39 is 28.6 Å². The van der Waals surface area contributed by atoms with Crippen LogP contribution in [0.15, 0.2) is 84.1 Å². The summed E-state index contributed by atoms with van der Waals surface area (Å²) in [6.45, 7) is 0.358. The topological polar surface area (TPSA) is 73.2 Å². The van der Waals surface area contributed by atoms with E-state index in [0.29, 0.717) is 23.2 Å². The van der Waals surface area contributed by atoms with Crippen molar-refractivity contribution >= 4 is 22.4 Å². The average Bonchev–Trinajstić information content (AvgIpc) is 3.29. The minimum absolute atomic E-state index is 0. The lowest BCUT2D eigenvalue weighted by molar-refractivity contribution is -0.0670. The lowest BCUT2D eigenvalue weighted by atomic mass is 10.1. The van der Waals surface area contributed by atoms with E-state index in [1.54, 1.807) is 25.2 Å². The van der Waals surface area contributed by atoms with Crippen LogP contribution in [0, 0.1) is 5.82 Å². The zero-order chi connectivity index (χ0) is 25.9. The van der Waals surface area contributed by atoms with Gasteiger partial charge in [0.25, 0.3) is 16.4 Å². The van der Waals surface area contributed by atoms with Gasteiger partial charge in [0.05, 0.1) is 16.8 Å². The molecule has 0 aliphatic rings. The van der Waals surface area contributed by atoms with Gasteiger partial charge in [0.2, 0.25) is 0 Å². The Hall–Kier alpha value is -3.41. The molecule has 1 N–H and O–H groups in total. The van der Waals surface area contributed by atoms with Crippen LogP contribution in [0.25, 0.3) is 22.4 Å².